The van der Waals surface area contributed by atoms with Gasteiger partial charge < -0.3 is 9.84 Å². The molecule has 0 aromatic heterocycles. The minimum Gasteiger partial charge on any atom is -0.505 e. The molecular formula is C25H32N4O3. The van der Waals surface area contributed by atoms with Crippen molar-refractivity contribution in [3.05, 3.63) is 71.1 Å². The number of benzene rings is 2. The van der Waals surface area contributed by atoms with Crippen LogP contribution >= 0.6 is 0 Å². The smallest absolute Gasteiger partial charge is 0.306 e. The number of nitrogens with zero attached hydrogens (tertiary/aromatic N) is 4. The molecule has 1 aliphatic heterocycles. The first-order valence-electron chi connectivity index (χ1n) is 11.2. The molecule has 0 aliphatic carbocycles. The van der Waals surface area contributed by atoms with Gasteiger partial charge in [-0.2, -0.15) is 5.01 Å². The summed E-state index contributed by atoms with van der Waals surface area (Å²) < 4.78 is 5.35. The molecule has 1 N–H and O–H groups in total. The fourth-order valence-corrected chi connectivity index (χ4v) is 3.64. The first-order chi connectivity index (χ1) is 15.5. The third-order valence-electron chi connectivity index (χ3n) is 5.38. The molecule has 7 nitrogen and oxygen atoms in total. The summed E-state index contributed by atoms with van der Waals surface area (Å²) in [6.45, 7) is 7.01. The lowest BCUT2D eigenvalue weighted by Crippen LogP contribution is -2.25. The third-order valence-corrected chi connectivity index (χ3v) is 5.38. The second kappa shape index (κ2) is 11.3. The van der Waals surface area contributed by atoms with Crippen LogP contribution in [0.15, 0.2) is 70.4 Å². The molecule has 3 rings (SSSR count). The molecule has 1 aliphatic rings. The number of phenolic OH excluding ortho intramolecular Hbond substituents is 1. The normalized spacial score (nSPS) is 14.7. The van der Waals surface area contributed by atoms with Gasteiger partial charge in [-0.15, -0.1) is 0 Å². The standard InChI is InChI=1S/C25H32N4O3/c1-4-11-20(3)25-28(26-27-29(25)22-15-10-12-19(2)24(22)31)17-9-8-16-23(30)32-18-21-13-6-5-7-14-21/h5-7,10,12-15,31H,4,8-9,11,16-18H2,1-3H3/b25-20-. The van der Waals surface area contributed by atoms with Gasteiger partial charge in [-0.05, 0) is 66.3 Å². The Kier molecular flexibility index (Phi) is 8.25. The van der Waals surface area contributed by atoms with Gasteiger partial charge in [0, 0.05) is 13.0 Å². The molecule has 2 aromatic carbocycles. The Bertz CT molecular complexity index is 972. The zero-order valence-electron chi connectivity index (χ0n) is 19.1. The second-order valence-corrected chi connectivity index (χ2v) is 8.01. The van der Waals surface area contributed by atoms with Crippen molar-refractivity contribution in [1.29, 1.82) is 0 Å². The Morgan fingerprint density at radius 1 is 1.03 bits per heavy atom. The number of rotatable bonds is 10. The summed E-state index contributed by atoms with van der Waals surface area (Å²) in [5.41, 5.74) is 3.54. The van der Waals surface area contributed by atoms with Crippen LogP contribution in [0, 0.1) is 6.92 Å². The largest absolute Gasteiger partial charge is 0.505 e. The van der Waals surface area contributed by atoms with Gasteiger partial charge >= 0.3 is 5.97 Å². The molecule has 0 atom stereocenters. The number of hydrogen-bond donors (Lipinski definition) is 1. The number of anilines is 1. The predicted molar refractivity (Wildman–Crippen MR) is 125 cm³/mol. The molecule has 0 radical (unpaired) electrons. The summed E-state index contributed by atoms with van der Waals surface area (Å²) in [6, 6.07) is 15.3. The van der Waals surface area contributed by atoms with E-state index in [0.717, 1.165) is 41.8 Å². The Hall–Kier alpha value is -3.35. The van der Waals surface area contributed by atoms with Crippen LogP contribution in [0.1, 0.15) is 57.1 Å². The fourth-order valence-electron chi connectivity index (χ4n) is 3.64. The number of aromatic hydroxyl groups is 1. The van der Waals surface area contributed by atoms with Crippen molar-refractivity contribution in [2.24, 2.45) is 10.4 Å². The van der Waals surface area contributed by atoms with Crippen molar-refractivity contribution < 1.29 is 14.6 Å². The minimum absolute atomic E-state index is 0.193. The van der Waals surface area contributed by atoms with Gasteiger partial charge in [0.2, 0.25) is 0 Å². The summed E-state index contributed by atoms with van der Waals surface area (Å²) in [6.07, 6.45) is 3.76. The van der Waals surface area contributed by atoms with Gasteiger partial charge in [-0.3, -0.25) is 4.79 Å². The summed E-state index contributed by atoms with van der Waals surface area (Å²) in [5, 5.41) is 22.8. The van der Waals surface area contributed by atoms with E-state index in [9.17, 15) is 9.90 Å². The van der Waals surface area contributed by atoms with Gasteiger partial charge in [0.15, 0.2) is 5.82 Å². The molecule has 32 heavy (non-hydrogen) atoms. The quantitative estimate of drug-likeness (QED) is 0.362. The monoisotopic (exact) mass is 436 g/mol. The lowest BCUT2D eigenvalue weighted by Gasteiger charge is -2.23. The maximum absolute atomic E-state index is 12.1. The van der Waals surface area contributed by atoms with Gasteiger partial charge in [0.05, 0.1) is 0 Å². The van der Waals surface area contributed by atoms with E-state index in [1.54, 1.807) is 5.01 Å². The van der Waals surface area contributed by atoms with E-state index < -0.39 is 0 Å². The summed E-state index contributed by atoms with van der Waals surface area (Å²) in [4.78, 5) is 12.1. The SMILES string of the molecule is CCC/C(C)=C1/N(CCCCC(=O)OCc2ccccc2)N=NN1c1cccc(C)c1O. The summed E-state index contributed by atoms with van der Waals surface area (Å²) >= 11 is 0. The molecule has 0 unspecified atom stereocenters. The summed E-state index contributed by atoms with van der Waals surface area (Å²) in [7, 11) is 0. The third kappa shape index (κ3) is 5.87. The van der Waals surface area contributed by atoms with E-state index in [1.165, 1.54) is 0 Å². The average molecular weight is 437 g/mol. The molecule has 0 bridgehead atoms. The topological polar surface area (TPSA) is 77.7 Å². The van der Waals surface area contributed by atoms with Crippen LogP contribution in [-0.2, 0) is 16.1 Å². The summed E-state index contributed by atoms with van der Waals surface area (Å²) in [5.74, 6) is 0.886. The van der Waals surface area contributed by atoms with Crippen molar-refractivity contribution >= 4 is 11.7 Å². The Labute approximate surface area is 190 Å². The van der Waals surface area contributed by atoms with Gasteiger partial charge in [-0.1, -0.05) is 55.8 Å². The van der Waals surface area contributed by atoms with E-state index in [-0.39, 0.29) is 11.7 Å². The van der Waals surface area contributed by atoms with Gasteiger partial charge in [0.1, 0.15) is 18.0 Å². The first-order valence-corrected chi connectivity index (χ1v) is 11.2. The van der Waals surface area contributed by atoms with E-state index in [1.807, 2.05) is 60.5 Å². The number of esters is 1. The lowest BCUT2D eigenvalue weighted by atomic mass is 10.1. The van der Waals surface area contributed by atoms with Crippen molar-refractivity contribution in [3.8, 4) is 5.75 Å². The lowest BCUT2D eigenvalue weighted by molar-refractivity contribution is -0.145. The van der Waals surface area contributed by atoms with E-state index >= 15 is 0 Å². The molecule has 2 aromatic rings. The van der Waals surface area contributed by atoms with Gasteiger partial charge in [-0.25, -0.2) is 5.01 Å². The number of carbonyl (C=O) groups excluding carboxylic acids is 1. The molecule has 0 saturated carbocycles. The average Bonchev–Trinajstić information content (AvgIpc) is 3.22. The Morgan fingerprint density at radius 2 is 1.81 bits per heavy atom. The maximum Gasteiger partial charge on any atom is 0.306 e. The molecule has 170 valence electrons. The van der Waals surface area contributed by atoms with E-state index in [0.29, 0.717) is 31.7 Å². The highest BCUT2D eigenvalue weighted by atomic mass is 16.5. The maximum atomic E-state index is 12.1. The zero-order chi connectivity index (χ0) is 22.9. The number of phenols is 1. The van der Waals surface area contributed by atoms with Crippen LogP contribution in [0.2, 0.25) is 0 Å². The highest BCUT2D eigenvalue weighted by Gasteiger charge is 2.28. The molecule has 0 spiro atoms. The highest BCUT2D eigenvalue weighted by Crippen LogP contribution is 2.38. The predicted octanol–water partition coefficient (Wildman–Crippen LogP) is 6.05. The van der Waals surface area contributed by atoms with Gasteiger partial charge in [0.25, 0.3) is 0 Å². The van der Waals surface area contributed by atoms with Crippen molar-refractivity contribution in [3.63, 3.8) is 0 Å². The number of carbonyl (C=O) groups is 1. The fraction of sp³-hybridized carbons (Fsp3) is 0.400. The number of hydrogen-bond acceptors (Lipinski definition) is 7. The first kappa shape index (κ1) is 23.3. The number of unbranched alkanes of at least 4 members (excludes halogenated alkanes) is 1. The minimum atomic E-state index is -0.193. The second-order valence-electron chi connectivity index (χ2n) is 8.01. The molecule has 0 saturated heterocycles. The Morgan fingerprint density at radius 3 is 2.56 bits per heavy atom. The van der Waals surface area contributed by atoms with Crippen LogP contribution in [0.3, 0.4) is 0 Å². The molecule has 0 amide bonds. The van der Waals surface area contributed by atoms with Crippen LogP contribution in [0.5, 0.6) is 5.75 Å². The number of ether oxygens (including phenoxy) is 1. The van der Waals surface area contributed by atoms with Crippen LogP contribution < -0.4 is 5.01 Å². The van der Waals surface area contributed by atoms with Crippen molar-refractivity contribution in [1.82, 2.24) is 5.01 Å². The Balaban J connectivity index is 1.56. The highest BCUT2D eigenvalue weighted by molar-refractivity contribution is 5.69. The van der Waals surface area contributed by atoms with Crippen molar-refractivity contribution in [2.45, 2.75) is 59.5 Å². The number of allylic oxidation sites excluding steroid dienone is 1. The van der Waals surface area contributed by atoms with Crippen LogP contribution in [0.25, 0.3) is 0 Å². The van der Waals surface area contributed by atoms with E-state index in [2.05, 4.69) is 24.3 Å². The van der Waals surface area contributed by atoms with Crippen molar-refractivity contribution in [2.75, 3.05) is 11.6 Å². The van der Waals surface area contributed by atoms with Crippen LogP contribution in [0.4, 0.5) is 5.69 Å². The number of aryl methyl sites for hydroxylation is 1. The molecular weight excluding hydrogens is 404 g/mol. The molecule has 0 fully saturated rings. The van der Waals surface area contributed by atoms with Crippen LogP contribution in [-0.4, -0.2) is 22.6 Å². The number of para-hydroxylation sites is 1. The van der Waals surface area contributed by atoms with E-state index in [4.69, 9.17) is 4.74 Å². The zero-order valence-corrected chi connectivity index (χ0v) is 19.1. The molecule has 1 heterocycles. The molecule has 7 heteroatoms.